The lowest BCUT2D eigenvalue weighted by molar-refractivity contribution is 0.237. The van der Waals surface area contributed by atoms with Gasteiger partial charge in [0.2, 0.25) is 10.0 Å². The number of likely N-dealkylation sites (N-methyl/N-ethyl adjacent to an activating group) is 2. The molecule has 1 unspecified atom stereocenters. The monoisotopic (exact) mass is 378 g/mol. The Morgan fingerprint density at radius 3 is 2.81 bits per heavy atom. The summed E-state index contributed by atoms with van der Waals surface area (Å²) in [6.07, 6.45) is 2.12. The van der Waals surface area contributed by atoms with Crippen LogP contribution in [0.2, 0.25) is 0 Å². The molecular weight excluding hydrogens is 359 g/mol. The van der Waals surface area contributed by atoms with Gasteiger partial charge in [-0.25, -0.2) is 12.8 Å². The molecule has 0 saturated carbocycles. The summed E-state index contributed by atoms with van der Waals surface area (Å²) < 4.78 is 39.9. The van der Waals surface area contributed by atoms with E-state index in [1.807, 2.05) is 0 Å². The van der Waals surface area contributed by atoms with E-state index in [1.165, 1.54) is 22.5 Å². The molecule has 7 heteroatoms. The molecule has 4 nitrogen and oxygen atoms in total. The Hall–Kier alpha value is -0.500. The predicted octanol–water partition coefficient (Wildman–Crippen LogP) is 2.69. The lowest BCUT2D eigenvalue weighted by Crippen LogP contribution is -2.41. The van der Waals surface area contributed by atoms with Gasteiger partial charge < -0.3 is 0 Å². The summed E-state index contributed by atoms with van der Waals surface area (Å²) in [5.74, 6) is -0.462. The van der Waals surface area contributed by atoms with E-state index in [2.05, 4.69) is 27.8 Å². The van der Waals surface area contributed by atoms with E-state index in [4.69, 9.17) is 0 Å². The van der Waals surface area contributed by atoms with E-state index >= 15 is 0 Å². The summed E-state index contributed by atoms with van der Waals surface area (Å²) in [5, 5.41) is 0. The molecule has 1 aromatic rings. The molecule has 118 valence electrons. The standard InChI is InChI=1S/C14H20BrFN2O2S/c1-3-18-8-4-5-12(18)10-17(2)21(19,20)14-7-6-11(16)9-13(14)15/h6-7,9,12H,3-5,8,10H2,1-2H3. The number of nitrogens with zero attached hydrogens (tertiary/aromatic N) is 2. The summed E-state index contributed by atoms with van der Waals surface area (Å²) >= 11 is 3.13. The third-order valence-corrected chi connectivity index (χ3v) is 6.76. The maximum absolute atomic E-state index is 13.1. The summed E-state index contributed by atoms with van der Waals surface area (Å²) in [6.45, 7) is 4.50. The Morgan fingerprint density at radius 1 is 1.48 bits per heavy atom. The van der Waals surface area contributed by atoms with Gasteiger partial charge in [0.05, 0.1) is 4.90 Å². The molecule has 1 aromatic carbocycles. The summed E-state index contributed by atoms with van der Waals surface area (Å²) in [4.78, 5) is 2.40. The first-order valence-electron chi connectivity index (χ1n) is 7.01. The third-order valence-electron chi connectivity index (χ3n) is 3.96. The maximum atomic E-state index is 13.1. The van der Waals surface area contributed by atoms with E-state index in [-0.39, 0.29) is 15.4 Å². The minimum Gasteiger partial charge on any atom is -0.299 e. The quantitative estimate of drug-likeness (QED) is 0.790. The molecule has 0 aliphatic carbocycles. The van der Waals surface area contributed by atoms with Gasteiger partial charge in [0.1, 0.15) is 5.82 Å². The number of sulfonamides is 1. The van der Waals surface area contributed by atoms with Crippen LogP contribution in [0.1, 0.15) is 19.8 Å². The maximum Gasteiger partial charge on any atom is 0.243 e. The first-order chi connectivity index (χ1) is 9.86. The molecule has 21 heavy (non-hydrogen) atoms. The smallest absolute Gasteiger partial charge is 0.243 e. The molecular formula is C14H20BrFN2O2S. The van der Waals surface area contributed by atoms with Crippen molar-refractivity contribution >= 4 is 26.0 Å². The van der Waals surface area contributed by atoms with Crippen molar-refractivity contribution in [2.24, 2.45) is 0 Å². The highest BCUT2D eigenvalue weighted by atomic mass is 79.9. The van der Waals surface area contributed by atoms with Crippen molar-refractivity contribution in [2.45, 2.75) is 30.7 Å². The van der Waals surface area contributed by atoms with Crippen molar-refractivity contribution in [1.82, 2.24) is 9.21 Å². The minimum atomic E-state index is -3.61. The van der Waals surface area contributed by atoms with E-state index in [9.17, 15) is 12.8 Å². The van der Waals surface area contributed by atoms with Crippen LogP contribution in [0, 0.1) is 5.82 Å². The van der Waals surface area contributed by atoms with Gasteiger partial charge in [0.25, 0.3) is 0 Å². The number of benzene rings is 1. The lowest BCUT2D eigenvalue weighted by atomic mass is 10.2. The fraction of sp³-hybridized carbons (Fsp3) is 0.571. The number of hydrogen-bond acceptors (Lipinski definition) is 3. The van der Waals surface area contributed by atoms with Crippen LogP contribution in [-0.2, 0) is 10.0 Å². The van der Waals surface area contributed by atoms with Crippen molar-refractivity contribution in [3.63, 3.8) is 0 Å². The van der Waals surface area contributed by atoms with Crippen molar-refractivity contribution in [1.29, 1.82) is 0 Å². The van der Waals surface area contributed by atoms with Gasteiger partial charge in [-0.15, -0.1) is 0 Å². The largest absolute Gasteiger partial charge is 0.299 e. The van der Waals surface area contributed by atoms with Gasteiger partial charge in [-0.1, -0.05) is 6.92 Å². The summed E-state index contributed by atoms with van der Waals surface area (Å²) in [5.41, 5.74) is 0. The highest BCUT2D eigenvalue weighted by Crippen LogP contribution is 2.26. The first kappa shape index (κ1) is 16.9. The predicted molar refractivity (Wildman–Crippen MR) is 84.2 cm³/mol. The highest BCUT2D eigenvalue weighted by Gasteiger charge is 2.30. The van der Waals surface area contributed by atoms with E-state index in [1.54, 1.807) is 7.05 Å². The Balaban J connectivity index is 2.18. The molecule has 0 N–H and O–H groups in total. The van der Waals surface area contributed by atoms with Crippen LogP contribution in [-0.4, -0.2) is 50.3 Å². The fourth-order valence-corrected chi connectivity index (χ4v) is 4.98. The van der Waals surface area contributed by atoms with Crippen LogP contribution in [0.5, 0.6) is 0 Å². The molecule has 1 aliphatic rings. The average molecular weight is 379 g/mol. The number of rotatable bonds is 5. The van der Waals surface area contributed by atoms with E-state index < -0.39 is 15.8 Å². The lowest BCUT2D eigenvalue weighted by Gasteiger charge is -2.27. The normalized spacial score (nSPS) is 20.3. The van der Waals surface area contributed by atoms with Crippen molar-refractivity contribution in [3.05, 3.63) is 28.5 Å². The summed E-state index contributed by atoms with van der Waals surface area (Å²) in [7, 11) is -2.03. The Labute approximate surface area is 134 Å². The van der Waals surface area contributed by atoms with Crippen molar-refractivity contribution in [3.8, 4) is 0 Å². The zero-order valence-corrected chi connectivity index (χ0v) is 14.6. The van der Waals surface area contributed by atoms with Crippen molar-refractivity contribution in [2.75, 3.05) is 26.7 Å². The zero-order chi connectivity index (χ0) is 15.6. The van der Waals surface area contributed by atoms with E-state index in [0.717, 1.165) is 25.9 Å². The SMILES string of the molecule is CCN1CCCC1CN(C)S(=O)(=O)c1ccc(F)cc1Br. The zero-order valence-electron chi connectivity index (χ0n) is 12.2. The molecule has 1 fully saturated rings. The van der Waals surface area contributed by atoms with Gasteiger partial charge >= 0.3 is 0 Å². The topological polar surface area (TPSA) is 40.6 Å². The summed E-state index contributed by atoms with van der Waals surface area (Å²) in [6, 6.07) is 3.90. The third kappa shape index (κ3) is 3.64. The number of hydrogen-bond donors (Lipinski definition) is 0. The molecule has 0 amide bonds. The second-order valence-corrected chi connectivity index (χ2v) is 8.15. The highest BCUT2D eigenvalue weighted by molar-refractivity contribution is 9.10. The molecule has 1 heterocycles. The molecule has 1 aliphatic heterocycles. The Bertz CT molecular complexity index is 609. The molecule has 0 bridgehead atoms. The second kappa shape index (κ2) is 6.73. The van der Waals surface area contributed by atoms with Crippen LogP contribution in [0.25, 0.3) is 0 Å². The molecule has 0 radical (unpaired) electrons. The van der Waals surface area contributed by atoms with Crippen LogP contribution in [0.4, 0.5) is 4.39 Å². The Morgan fingerprint density at radius 2 is 2.19 bits per heavy atom. The fourth-order valence-electron chi connectivity index (χ4n) is 2.77. The van der Waals surface area contributed by atoms with Gasteiger partial charge in [0.15, 0.2) is 0 Å². The van der Waals surface area contributed by atoms with Crippen LogP contribution < -0.4 is 0 Å². The molecule has 1 atom stereocenters. The average Bonchev–Trinajstić information content (AvgIpc) is 2.85. The van der Waals surface area contributed by atoms with E-state index in [0.29, 0.717) is 6.54 Å². The van der Waals surface area contributed by atoms with Gasteiger partial charge in [-0.3, -0.25) is 4.90 Å². The molecule has 0 aromatic heterocycles. The number of likely N-dealkylation sites (tertiary alicyclic amines) is 1. The molecule has 2 rings (SSSR count). The van der Waals surface area contributed by atoms with Crippen LogP contribution >= 0.6 is 15.9 Å². The van der Waals surface area contributed by atoms with Crippen LogP contribution in [0.15, 0.2) is 27.6 Å². The Kier molecular flexibility index (Phi) is 5.40. The number of halogens is 2. The van der Waals surface area contributed by atoms with Crippen LogP contribution in [0.3, 0.4) is 0 Å². The van der Waals surface area contributed by atoms with Gasteiger partial charge in [-0.2, -0.15) is 4.31 Å². The molecule has 0 spiro atoms. The van der Waals surface area contributed by atoms with Gasteiger partial charge in [-0.05, 0) is 60.1 Å². The van der Waals surface area contributed by atoms with Gasteiger partial charge in [0, 0.05) is 24.1 Å². The second-order valence-electron chi connectivity index (χ2n) is 5.28. The van der Waals surface area contributed by atoms with Crippen molar-refractivity contribution < 1.29 is 12.8 Å². The first-order valence-corrected chi connectivity index (χ1v) is 9.25. The molecule has 1 saturated heterocycles. The minimum absolute atomic E-state index is 0.104.